The average Bonchev–Trinajstić information content (AvgIpc) is 2.52. The number of esters is 1. The van der Waals surface area contributed by atoms with E-state index in [1.54, 1.807) is 0 Å². The normalized spacial score (nSPS) is 10.0. The molecule has 0 radical (unpaired) electrons. The minimum absolute atomic E-state index is 0.0783. The van der Waals surface area contributed by atoms with Crippen molar-refractivity contribution in [3.8, 4) is 0 Å². The van der Waals surface area contributed by atoms with Gasteiger partial charge in [0.1, 0.15) is 24.4 Å². The van der Waals surface area contributed by atoms with Crippen LogP contribution in [0, 0.1) is 15.9 Å². The maximum atomic E-state index is 12.7. The summed E-state index contributed by atoms with van der Waals surface area (Å²) in [5.41, 5.74) is 0.156. The van der Waals surface area contributed by atoms with E-state index in [9.17, 15) is 19.3 Å². The predicted molar refractivity (Wildman–Crippen MR) is 76.1 cm³/mol. The van der Waals surface area contributed by atoms with Gasteiger partial charge in [0.25, 0.3) is 5.69 Å². The molecule has 2 rings (SSSR count). The highest BCUT2D eigenvalue weighted by molar-refractivity contribution is 5.89. The van der Waals surface area contributed by atoms with Crippen LogP contribution in [0.3, 0.4) is 0 Å². The fourth-order valence-corrected chi connectivity index (χ4v) is 1.59. The van der Waals surface area contributed by atoms with Gasteiger partial charge in [0, 0.05) is 6.07 Å². The average molecular weight is 305 g/mol. The largest absolute Gasteiger partial charge is 0.460 e. The number of carbonyl (C=O) groups excluding carboxylic acids is 1. The number of nitrogens with zero attached hydrogens (tertiary/aromatic N) is 2. The lowest BCUT2D eigenvalue weighted by molar-refractivity contribution is -0.385. The number of carbonyl (C=O) groups is 1. The molecule has 2 aromatic rings. The molecule has 0 spiro atoms. The fraction of sp³-hybridized carbons (Fsp3) is 0.143. The third-order valence-corrected chi connectivity index (χ3v) is 2.68. The molecule has 7 nitrogen and oxygen atoms in total. The third-order valence-electron chi connectivity index (χ3n) is 2.68. The first kappa shape index (κ1) is 15.4. The van der Waals surface area contributed by atoms with Gasteiger partial charge in [0.2, 0.25) is 0 Å². The lowest BCUT2D eigenvalue weighted by Crippen LogP contribution is -2.14. The summed E-state index contributed by atoms with van der Waals surface area (Å²) in [6, 6.07) is 7.80. The number of nitro groups is 1. The number of pyridine rings is 1. The first-order valence-electron chi connectivity index (χ1n) is 6.33. The van der Waals surface area contributed by atoms with Crippen molar-refractivity contribution in [2.75, 3.05) is 18.5 Å². The molecular formula is C14H12FN3O4. The van der Waals surface area contributed by atoms with Crippen LogP contribution in [0.2, 0.25) is 0 Å². The van der Waals surface area contributed by atoms with Crippen LogP contribution in [-0.4, -0.2) is 29.0 Å². The van der Waals surface area contributed by atoms with Crippen molar-refractivity contribution in [1.82, 2.24) is 4.98 Å². The molecule has 0 amide bonds. The van der Waals surface area contributed by atoms with Gasteiger partial charge in [0.05, 0.1) is 17.0 Å². The van der Waals surface area contributed by atoms with Crippen LogP contribution >= 0.6 is 0 Å². The molecule has 0 saturated carbocycles. The van der Waals surface area contributed by atoms with E-state index < -0.39 is 16.7 Å². The van der Waals surface area contributed by atoms with Crippen molar-refractivity contribution in [2.24, 2.45) is 0 Å². The Morgan fingerprint density at radius 2 is 2.00 bits per heavy atom. The van der Waals surface area contributed by atoms with Gasteiger partial charge < -0.3 is 10.1 Å². The van der Waals surface area contributed by atoms with Crippen molar-refractivity contribution in [1.29, 1.82) is 0 Å². The van der Waals surface area contributed by atoms with Gasteiger partial charge in [0.15, 0.2) is 0 Å². The van der Waals surface area contributed by atoms with Crippen LogP contribution < -0.4 is 5.32 Å². The van der Waals surface area contributed by atoms with E-state index in [0.29, 0.717) is 5.82 Å². The van der Waals surface area contributed by atoms with Crippen LogP contribution in [-0.2, 0) is 4.74 Å². The second-order valence-electron chi connectivity index (χ2n) is 4.23. The Kier molecular flexibility index (Phi) is 4.97. The van der Waals surface area contributed by atoms with Crippen molar-refractivity contribution in [2.45, 2.75) is 0 Å². The Morgan fingerprint density at radius 3 is 2.59 bits per heavy atom. The number of hydrogen-bond donors (Lipinski definition) is 1. The number of nitrogens with one attached hydrogen (secondary N) is 1. The molecule has 0 aliphatic carbocycles. The Bertz CT molecular complexity index is 659. The summed E-state index contributed by atoms with van der Waals surface area (Å²) in [4.78, 5) is 25.4. The highest BCUT2D eigenvalue weighted by Crippen LogP contribution is 2.11. The Hall–Kier alpha value is -3.03. The molecule has 1 N–H and O–H groups in total. The monoisotopic (exact) mass is 305 g/mol. The minimum Gasteiger partial charge on any atom is -0.460 e. The minimum atomic E-state index is -0.557. The smallest absolute Gasteiger partial charge is 0.338 e. The van der Waals surface area contributed by atoms with Crippen LogP contribution in [0.4, 0.5) is 15.9 Å². The van der Waals surface area contributed by atoms with E-state index in [1.165, 1.54) is 36.4 Å². The van der Waals surface area contributed by atoms with E-state index in [4.69, 9.17) is 4.74 Å². The zero-order valence-electron chi connectivity index (χ0n) is 11.4. The zero-order chi connectivity index (χ0) is 15.9. The Balaban J connectivity index is 1.75. The maximum Gasteiger partial charge on any atom is 0.338 e. The van der Waals surface area contributed by atoms with E-state index in [-0.39, 0.29) is 24.4 Å². The number of hydrogen-bond acceptors (Lipinski definition) is 6. The Morgan fingerprint density at radius 1 is 1.27 bits per heavy atom. The van der Waals surface area contributed by atoms with E-state index >= 15 is 0 Å². The van der Waals surface area contributed by atoms with Gasteiger partial charge in [-0.2, -0.15) is 0 Å². The molecule has 0 aliphatic rings. The van der Waals surface area contributed by atoms with Gasteiger partial charge in [-0.3, -0.25) is 10.1 Å². The summed E-state index contributed by atoms with van der Waals surface area (Å²) in [5.74, 6) is -0.552. The topological polar surface area (TPSA) is 94.4 Å². The SMILES string of the molecule is O=C(OCCNc1ccc([N+](=O)[O-])cn1)c1ccc(F)cc1. The van der Waals surface area contributed by atoms with E-state index in [0.717, 1.165) is 6.20 Å². The lowest BCUT2D eigenvalue weighted by Gasteiger charge is -2.07. The molecule has 114 valence electrons. The van der Waals surface area contributed by atoms with Crippen molar-refractivity contribution >= 4 is 17.5 Å². The van der Waals surface area contributed by atoms with Gasteiger partial charge >= 0.3 is 5.97 Å². The number of aromatic nitrogens is 1. The molecule has 0 unspecified atom stereocenters. The van der Waals surface area contributed by atoms with Crippen LogP contribution in [0.25, 0.3) is 0 Å². The summed E-state index contributed by atoms with van der Waals surface area (Å²) in [6.45, 7) is 0.368. The summed E-state index contributed by atoms with van der Waals surface area (Å²) in [7, 11) is 0. The second-order valence-corrected chi connectivity index (χ2v) is 4.23. The van der Waals surface area contributed by atoms with Crippen molar-refractivity contribution < 1.29 is 18.8 Å². The number of rotatable bonds is 6. The molecule has 8 heteroatoms. The van der Waals surface area contributed by atoms with Crippen LogP contribution in [0.1, 0.15) is 10.4 Å². The number of benzene rings is 1. The molecule has 0 atom stereocenters. The molecule has 1 aromatic carbocycles. The summed E-state index contributed by atoms with van der Waals surface area (Å²) in [6.07, 6.45) is 1.13. The van der Waals surface area contributed by atoms with Gasteiger partial charge in [-0.1, -0.05) is 0 Å². The third kappa shape index (κ3) is 4.23. The van der Waals surface area contributed by atoms with Crippen LogP contribution in [0.15, 0.2) is 42.6 Å². The highest BCUT2D eigenvalue weighted by atomic mass is 19.1. The van der Waals surface area contributed by atoms with E-state index in [2.05, 4.69) is 10.3 Å². The fourth-order valence-electron chi connectivity index (χ4n) is 1.59. The maximum absolute atomic E-state index is 12.7. The molecule has 1 heterocycles. The second kappa shape index (κ2) is 7.11. The molecule has 1 aromatic heterocycles. The van der Waals surface area contributed by atoms with Crippen LogP contribution in [0.5, 0.6) is 0 Å². The molecule has 0 fully saturated rings. The summed E-state index contributed by atoms with van der Waals surface area (Å²) in [5, 5.41) is 13.3. The predicted octanol–water partition coefficient (Wildman–Crippen LogP) is 2.40. The first-order valence-corrected chi connectivity index (χ1v) is 6.33. The van der Waals surface area contributed by atoms with Crippen molar-refractivity contribution in [3.63, 3.8) is 0 Å². The van der Waals surface area contributed by atoms with E-state index in [1.807, 2.05) is 0 Å². The quantitative estimate of drug-likeness (QED) is 0.381. The lowest BCUT2D eigenvalue weighted by atomic mass is 10.2. The Labute approximate surface area is 124 Å². The summed E-state index contributed by atoms with van der Waals surface area (Å²) < 4.78 is 17.7. The standard InChI is InChI=1S/C14H12FN3O4/c15-11-3-1-10(2-4-11)14(19)22-8-7-16-13-6-5-12(9-17-13)18(20)21/h1-6,9H,7-8H2,(H,16,17). The van der Waals surface area contributed by atoms with Gasteiger partial charge in [-0.15, -0.1) is 0 Å². The van der Waals surface area contributed by atoms with Gasteiger partial charge in [-0.25, -0.2) is 14.2 Å². The molecule has 0 saturated heterocycles. The molecule has 22 heavy (non-hydrogen) atoms. The molecule has 0 aliphatic heterocycles. The van der Waals surface area contributed by atoms with Crippen molar-refractivity contribution in [3.05, 3.63) is 64.1 Å². The zero-order valence-corrected chi connectivity index (χ0v) is 11.4. The summed E-state index contributed by atoms with van der Waals surface area (Å²) >= 11 is 0. The number of anilines is 1. The number of halogens is 1. The van der Waals surface area contributed by atoms with Gasteiger partial charge in [-0.05, 0) is 30.3 Å². The highest BCUT2D eigenvalue weighted by Gasteiger charge is 2.07. The molecule has 0 bridgehead atoms. The number of ether oxygens (including phenoxy) is 1. The first-order chi connectivity index (χ1) is 10.6. The molecular weight excluding hydrogens is 293 g/mol.